The first-order chi connectivity index (χ1) is 8.67. The summed E-state index contributed by atoms with van der Waals surface area (Å²) in [5, 5.41) is 9.63. The quantitative estimate of drug-likeness (QED) is 0.862. The Morgan fingerprint density at radius 3 is 2.83 bits per heavy atom. The summed E-state index contributed by atoms with van der Waals surface area (Å²) in [6.45, 7) is 3.04. The Kier molecular flexibility index (Phi) is 4.30. The van der Waals surface area contributed by atoms with E-state index in [1.165, 1.54) is 0 Å². The zero-order chi connectivity index (χ0) is 13.1. The fourth-order valence-electron chi connectivity index (χ4n) is 2.14. The molecule has 100 valence electrons. The Bertz CT molecular complexity index is 421. The number of carbonyl (C=O) groups excluding carboxylic acids is 1. The normalized spacial score (nSPS) is 14.8. The largest absolute Gasteiger partial charge is 0.395 e. The number of rotatable bonds is 6. The molecular weight excluding hydrogens is 252 g/mol. The maximum Gasteiger partial charge on any atom is 0.270 e. The summed E-state index contributed by atoms with van der Waals surface area (Å²) in [6.07, 6.45) is 4.93. The molecule has 5 heteroatoms. The van der Waals surface area contributed by atoms with Crippen molar-refractivity contribution < 1.29 is 9.90 Å². The van der Waals surface area contributed by atoms with Crippen LogP contribution < -0.4 is 0 Å². The van der Waals surface area contributed by atoms with Crippen molar-refractivity contribution in [2.24, 2.45) is 0 Å². The fourth-order valence-corrected chi connectivity index (χ4v) is 2.35. The molecule has 1 aliphatic carbocycles. The fraction of sp³-hybridized carbons (Fsp3) is 0.615. The third kappa shape index (κ3) is 2.87. The Morgan fingerprint density at radius 1 is 1.56 bits per heavy atom. The molecule has 18 heavy (non-hydrogen) atoms. The van der Waals surface area contributed by atoms with Gasteiger partial charge in [0.2, 0.25) is 0 Å². The summed E-state index contributed by atoms with van der Waals surface area (Å²) in [4.78, 5) is 14.1. The highest BCUT2D eigenvalue weighted by Gasteiger charge is 2.29. The van der Waals surface area contributed by atoms with Gasteiger partial charge in [0.05, 0.1) is 11.6 Å². The van der Waals surface area contributed by atoms with Gasteiger partial charge in [-0.05, 0) is 25.3 Å². The highest BCUT2D eigenvalue weighted by molar-refractivity contribution is 6.31. The molecule has 1 aromatic rings. The molecule has 1 aliphatic rings. The van der Waals surface area contributed by atoms with Crippen LogP contribution in [0.1, 0.15) is 42.7 Å². The molecule has 0 bridgehead atoms. The van der Waals surface area contributed by atoms with Crippen molar-refractivity contribution in [1.82, 2.24) is 9.47 Å². The summed E-state index contributed by atoms with van der Waals surface area (Å²) in [5.41, 5.74) is 0.643. The van der Waals surface area contributed by atoms with Gasteiger partial charge >= 0.3 is 0 Å². The van der Waals surface area contributed by atoms with E-state index in [1.54, 1.807) is 11.0 Å². The van der Waals surface area contributed by atoms with E-state index in [0.29, 0.717) is 29.8 Å². The molecule has 0 aliphatic heterocycles. The van der Waals surface area contributed by atoms with Crippen LogP contribution in [0.15, 0.2) is 12.3 Å². The van der Waals surface area contributed by atoms with Gasteiger partial charge < -0.3 is 14.6 Å². The molecule has 0 saturated heterocycles. The lowest BCUT2D eigenvalue weighted by Gasteiger charge is -2.21. The number of carbonyl (C=O) groups is 1. The van der Waals surface area contributed by atoms with Crippen LogP contribution in [0.3, 0.4) is 0 Å². The zero-order valence-electron chi connectivity index (χ0n) is 10.6. The van der Waals surface area contributed by atoms with Crippen LogP contribution in [0.4, 0.5) is 0 Å². The SMILES string of the molecule is CCCN(CCO)C(=O)c1cc(Cl)cn1C1CC1. The molecule has 4 nitrogen and oxygen atoms in total. The molecule has 1 heterocycles. The van der Waals surface area contributed by atoms with Crippen LogP contribution in [-0.4, -0.2) is 40.2 Å². The van der Waals surface area contributed by atoms with Crippen LogP contribution in [0, 0.1) is 0 Å². The minimum absolute atomic E-state index is 0.0103. The van der Waals surface area contributed by atoms with E-state index in [1.807, 2.05) is 17.7 Å². The van der Waals surface area contributed by atoms with E-state index < -0.39 is 0 Å². The van der Waals surface area contributed by atoms with Crippen LogP contribution in [0.5, 0.6) is 0 Å². The minimum Gasteiger partial charge on any atom is -0.395 e. The van der Waals surface area contributed by atoms with Crippen molar-refractivity contribution in [3.05, 3.63) is 23.0 Å². The van der Waals surface area contributed by atoms with Crippen molar-refractivity contribution in [3.8, 4) is 0 Å². The van der Waals surface area contributed by atoms with E-state index in [-0.39, 0.29) is 12.5 Å². The van der Waals surface area contributed by atoms with E-state index >= 15 is 0 Å². The smallest absolute Gasteiger partial charge is 0.270 e. The Morgan fingerprint density at radius 2 is 2.28 bits per heavy atom. The summed E-state index contributed by atoms with van der Waals surface area (Å²) in [7, 11) is 0. The second-order valence-corrected chi connectivity index (χ2v) is 5.13. The lowest BCUT2D eigenvalue weighted by Crippen LogP contribution is -2.35. The first kappa shape index (κ1) is 13.4. The molecule has 0 unspecified atom stereocenters. The van der Waals surface area contributed by atoms with E-state index in [4.69, 9.17) is 16.7 Å². The predicted octanol–water partition coefficient (Wildman–Crippen LogP) is 2.32. The van der Waals surface area contributed by atoms with Crippen molar-refractivity contribution in [1.29, 1.82) is 0 Å². The van der Waals surface area contributed by atoms with Crippen LogP contribution in [-0.2, 0) is 0 Å². The number of halogens is 1. The van der Waals surface area contributed by atoms with Gasteiger partial charge in [-0.3, -0.25) is 4.79 Å². The highest BCUT2D eigenvalue weighted by atomic mass is 35.5. The first-order valence-corrected chi connectivity index (χ1v) is 6.82. The second kappa shape index (κ2) is 5.76. The lowest BCUT2D eigenvalue weighted by molar-refractivity contribution is 0.0711. The number of aromatic nitrogens is 1. The van der Waals surface area contributed by atoms with Gasteiger partial charge in [-0.25, -0.2) is 0 Å². The van der Waals surface area contributed by atoms with Crippen molar-refractivity contribution >= 4 is 17.5 Å². The Balaban J connectivity index is 2.20. The summed E-state index contributed by atoms with van der Waals surface area (Å²) >= 11 is 6.00. The maximum atomic E-state index is 12.4. The number of amides is 1. The lowest BCUT2D eigenvalue weighted by atomic mass is 10.3. The highest BCUT2D eigenvalue weighted by Crippen LogP contribution is 2.37. The summed E-state index contributed by atoms with van der Waals surface area (Å²) in [6, 6.07) is 2.15. The maximum absolute atomic E-state index is 12.4. The Hall–Kier alpha value is -1.00. The standard InChI is InChI=1S/C13H19ClN2O2/c1-2-5-15(6-7-17)13(18)12-8-10(14)9-16(12)11-3-4-11/h8-9,11,17H,2-7H2,1H3. The van der Waals surface area contributed by atoms with Gasteiger partial charge in [0.25, 0.3) is 5.91 Å². The van der Waals surface area contributed by atoms with E-state index in [9.17, 15) is 4.79 Å². The number of aliphatic hydroxyl groups excluding tert-OH is 1. The van der Waals surface area contributed by atoms with Gasteiger partial charge in [0.1, 0.15) is 5.69 Å². The van der Waals surface area contributed by atoms with E-state index in [2.05, 4.69) is 0 Å². The van der Waals surface area contributed by atoms with Crippen molar-refractivity contribution in [3.63, 3.8) is 0 Å². The third-order valence-electron chi connectivity index (χ3n) is 3.13. The van der Waals surface area contributed by atoms with Gasteiger partial charge in [0.15, 0.2) is 0 Å². The van der Waals surface area contributed by atoms with Crippen molar-refractivity contribution in [2.45, 2.75) is 32.2 Å². The molecule has 0 spiro atoms. The topological polar surface area (TPSA) is 45.5 Å². The number of nitrogens with zero attached hydrogens (tertiary/aromatic N) is 2. The molecule has 0 atom stereocenters. The molecular formula is C13H19ClN2O2. The molecule has 1 N–H and O–H groups in total. The summed E-state index contributed by atoms with van der Waals surface area (Å²) < 4.78 is 1.98. The summed E-state index contributed by atoms with van der Waals surface area (Å²) in [5.74, 6) is -0.0373. The van der Waals surface area contributed by atoms with Gasteiger partial charge in [-0.1, -0.05) is 18.5 Å². The number of hydrogen-bond acceptors (Lipinski definition) is 2. The van der Waals surface area contributed by atoms with Crippen LogP contribution in [0.2, 0.25) is 5.02 Å². The zero-order valence-corrected chi connectivity index (χ0v) is 11.4. The Labute approximate surface area is 112 Å². The van der Waals surface area contributed by atoms with Crippen LogP contribution in [0.25, 0.3) is 0 Å². The monoisotopic (exact) mass is 270 g/mol. The van der Waals surface area contributed by atoms with Gasteiger partial charge in [0, 0.05) is 25.3 Å². The van der Waals surface area contributed by atoms with Crippen LogP contribution >= 0.6 is 11.6 Å². The molecule has 1 amide bonds. The average Bonchev–Trinajstić information content (AvgIpc) is 3.11. The van der Waals surface area contributed by atoms with Crippen molar-refractivity contribution in [2.75, 3.05) is 19.7 Å². The van der Waals surface area contributed by atoms with E-state index in [0.717, 1.165) is 19.3 Å². The molecule has 1 fully saturated rings. The molecule has 0 radical (unpaired) electrons. The minimum atomic E-state index is -0.0373. The molecule has 1 saturated carbocycles. The molecule has 0 aromatic carbocycles. The average molecular weight is 271 g/mol. The second-order valence-electron chi connectivity index (χ2n) is 4.70. The number of aliphatic hydroxyl groups is 1. The third-order valence-corrected chi connectivity index (χ3v) is 3.33. The van der Waals surface area contributed by atoms with Gasteiger partial charge in [-0.15, -0.1) is 0 Å². The molecule has 2 rings (SSSR count). The number of hydrogen-bond donors (Lipinski definition) is 1. The molecule has 1 aromatic heterocycles. The van der Waals surface area contributed by atoms with Gasteiger partial charge in [-0.2, -0.15) is 0 Å². The predicted molar refractivity (Wildman–Crippen MR) is 71.0 cm³/mol. The first-order valence-electron chi connectivity index (χ1n) is 6.45.